The quantitative estimate of drug-likeness (QED) is 0.764. The fourth-order valence-corrected chi connectivity index (χ4v) is 1.12. The first kappa shape index (κ1) is 11.2. The Morgan fingerprint density at radius 2 is 2.27 bits per heavy atom. The zero-order valence-electron chi connectivity index (χ0n) is 8.48. The number of amides is 1. The van der Waals surface area contributed by atoms with Crippen LogP contribution in [0.15, 0.2) is 17.0 Å². The molecule has 1 aromatic heterocycles. The van der Waals surface area contributed by atoms with Gasteiger partial charge in [0.1, 0.15) is 6.26 Å². The van der Waals surface area contributed by atoms with Crippen LogP contribution in [0.5, 0.6) is 0 Å². The second-order valence-electron chi connectivity index (χ2n) is 3.82. The van der Waals surface area contributed by atoms with Gasteiger partial charge in [-0.2, -0.15) is 0 Å². The molecule has 0 aliphatic heterocycles. The highest BCUT2D eigenvalue weighted by molar-refractivity contribution is 5.94. The molecule has 0 atom stereocenters. The van der Waals surface area contributed by atoms with E-state index in [1.54, 1.807) is 13.8 Å². The number of hydrogen-bond acceptors (Lipinski definition) is 4. The van der Waals surface area contributed by atoms with E-state index >= 15 is 0 Å². The van der Waals surface area contributed by atoms with Gasteiger partial charge in [-0.15, -0.1) is 0 Å². The number of hydrogen-bond donors (Lipinski definition) is 2. The van der Waals surface area contributed by atoms with E-state index in [1.165, 1.54) is 12.5 Å². The minimum atomic E-state index is -0.967. The van der Waals surface area contributed by atoms with E-state index in [-0.39, 0.29) is 12.0 Å². The highest BCUT2D eigenvalue weighted by Crippen LogP contribution is 2.09. The van der Waals surface area contributed by atoms with Crippen molar-refractivity contribution >= 4 is 11.9 Å². The summed E-state index contributed by atoms with van der Waals surface area (Å²) in [7, 11) is 0. The van der Waals surface area contributed by atoms with Crippen molar-refractivity contribution in [1.82, 2.24) is 10.5 Å². The molecule has 15 heavy (non-hydrogen) atoms. The minimum Gasteiger partial charge on any atom is -0.481 e. The normalized spacial score (nSPS) is 11.1. The lowest BCUT2D eigenvalue weighted by Crippen LogP contribution is -2.44. The topological polar surface area (TPSA) is 92.4 Å². The molecular formula is C9H12N2O4. The molecule has 0 spiro atoms. The van der Waals surface area contributed by atoms with Crippen molar-refractivity contribution in [3.8, 4) is 0 Å². The fraction of sp³-hybridized carbons (Fsp3) is 0.444. The number of aliphatic carboxylic acids is 1. The Morgan fingerprint density at radius 1 is 1.60 bits per heavy atom. The van der Waals surface area contributed by atoms with E-state index in [1.807, 2.05) is 0 Å². The van der Waals surface area contributed by atoms with Gasteiger partial charge >= 0.3 is 5.97 Å². The predicted octanol–water partition coefficient (Wildman–Crippen LogP) is 0.658. The highest BCUT2D eigenvalue weighted by atomic mass is 16.5. The maximum absolute atomic E-state index is 11.5. The zero-order chi connectivity index (χ0) is 11.5. The summed E-state index contributed by atoms with van der Waals surface area (Å²) in [6.07, 6.45) is 2.32. The Labute approximate surface area is 86.3 Å². The van der Waals surface area contributed by atoms with Crippen molar-refractivity contribution in [3.05, 3.63) is 18.0 Å². The van der Waals surface area contributed by atoms with Crippen LogP contribution in [-0.4, -0.2) is 27.7 Å². The van der Waals surface area contributed by atoms with Crippen molar-refractivity contribution in [2.45, 2.75) is 25.8 Å². The first-order chi connectivity index (χ1) is 6.91. The first-order valence-electron chi connectivity index (χ1n) is 4.34. The van der Waals surface area contributed by atoms with E-state index in [0.717, 1.165) is 0 Å². The maximum Gasteiger partial charge on any atom is 0.305 e. The number of nitrogens with one attached hydrogen (secondary N) is 1. The van der Waals surface area contributed by atoms with Crippen molar-refractivity contribution in [2.24, 2.45) is 0 Å². The molecule has 1 rings (SSSR count). The van der Waals surface area contributed by atoms with Crippen LogP contribution in [0.25, 0.3) is 0 Å². The monoisotopic (exact) mass is 212 g/mol. The molecule has 0 radical (unpaired) electrons. The summed E-state index contributed by atoms with van der Waals surface area (Å²) in [5.41, 5.74) is -0.534. The van der Waals surface area contributed by atoms with Crippen LogP contribution >= 0.6 is 0 Å². The first-order valence-corrected chi connectivity index (χ1v) is 4.34. The number of aromatic nitrogens is 1. The summed E-state index contributed by atoms with van der Waals surface area (Å²) in [5.74, 6) is -1.37. The van der Waals surface area contributed by atoms with E-state index in [4.69, 9.17) is 5.11 Å². The zero-order valence-corrected chi connectivity index (χ0v) is 8.48. The molecular weight excluding hydrogens is 200 g/mol. The van der Waals surface area contributed by atoms with Gasteiger partial charge in [-0.1, -0.05) is 5.16 Å². The molecule has 0 aromatic carbocycles. The van der Waals surface area contributed by atoms with E-state index in [9.17, 15) is 9.59 Å². The van der Waals surface area contributed by atoms with Gasteiger partial charge in [0.25, 0.3) is 5.91 Å². The smallest absolute Gasteiger partial charge is 0.305 e. The lowest BCUT2D eigenvalue weighted by molar-refractivity contribution is -0.138. The highest BCUT2D eigenvalue weighted by Gasteiger charge is 2.24. The summed E-state index contributed by atoms with van der Waals surface area (Å²) < 4.78 is 4.50. The molecule has 1 heterocycles. The molecule has 0 bridgehead atoms. The Morgan fingerprint density at radius 3 is 2.73 bits per heavy atom. The Balaban J connectivity index is 2.61. The lowest BCUT2D eigenvalue weighted by Gasteiger charge is -2.23. The van der Waals surface area contributed by atoms with E-state index in [2.05, 4.69) is 15.0 Å². The predicted molar refractivity (Wildman–Crippen MR) is 50.3 cm³/mol. The van der Waals surface area contributed by atoms with Crippen LogP contribution in [-0.2, 0) is 4.79 Å². The van der Waals surface area contributed by atoms with E-state index in [0.29, 0.717) is 0 Å². The molecule has 0 saturated carbocycles. The molecule has 6 heteroatoms. The standard InChI is InChI=1S/C9H12N2O4/c1-9(2,3-7(12)13)11-8(14)6-4-10-15-5-6/h4-5H,3H2,1-2H3,(H,11,14)(H,12,13). The summed E-state index contributed by atoms with van der Waals surface area (Å²) in [4.78, 5) is 22.0. The Kier molecular flexibility index (Phi) is 3.08. The Bertz CT molecular complexity index is 356. The molecule has 0 aliphatic rings. The molecule has 0 fully saturated rings. The number of carbonyl (C=O) groups is 2. The van der Waals surface area contributed by atoms with Gasteiger partial charge in [-0.3, -0.25) is 9.59 Å². The second kappa shape index (κ2) is 4.12. The van der Waals surface area contributed by atoms with Gasteiger partial charge in [-0.25, -0.2) is 0 Å². The summed E-state index contributed by atoms with van der Waals surface area (Å²) in [5, 5.41) is 14.6. The molecule has 1 amide bonds. The minimum absolute atomic E-state index is 0.149. The number of carboxylic acids is 1. The molecule has 6 nitrogen and oxygen atoms in total. The third-order valence-corrected chi connectivity index (χ3v) is 1.74. The fourth-order valence-electron chi connectivity index (χ4n) is 1.12. The number of carbonyl (C=O) groups excluding carboxylic acids is 1. The number of nitrogens with zero attached hydrogens (tertiary/aromatic N) is 1. The number of carboxylic acid groups (broad SMARTS) is 1. The third kappa shape index (κ3) is 3.41. The van der Waals surface area contributed by atoms with Crippen LogP contribution in [0, 0.1) is 0 Å². The van der Waals surface area contributed by atoms with Gasteiger partial charge in [0.05, 0.1) is 18.2 Å². The molecule has 2 N–H and O–H groups in total. The van der Waals surface area contributed by atoms with E-state index < -0.39 is 17.4 Å². The summed E-state index contributed by atoms with van der Waals surface area (Å²) in [6, 6.07) is 0. The largest absolute Gasteiger partial charge is 0.481 e. The van der Waals surface area contributed by atoms with Gasteiger partial charge in [0, 0.05) is 5.54 Å². The molecule has 1 aromatic rings. The summed E-state index contributed by atoms with van der Waals surface area (Å²) in [6.45, 7) is 3.26. The van der Waals surface area contributed by atoms with Crippen LogP contribution in [0.2, 0.25) is 0 Å². The molecule has 0 unspecified atom stereocenters. The molecule has 0 aliphatic carbocycles. The van der Waals surface area contributed by atoms with Crippen LogP contribution in [0.3, 0.4) is 0 Å². The third-order valence-electron chi connectivity index (χ3n) is 1.74. The number of rotatable bonds is 4. The summed E-state index contributed by atoms with van der Waals surface area (Å²) >= 11 is 0. The van der Waals surface area contributed by atoms with Crippen molar-refractivity contribution in [1.29, 1.82) is 0 Å². The van der Waals surface area contributed by atoms with Gasteiger partial charge in [-0.05, 0) is 13.8 Å². The average Bonchev–Trinajstić information content (AvgIpc) is 2.50. The van der Waals surface area contributed by atoms with Gasteiger partial charge < -0.3 is 14.9 Å². The van der Waals surface area contributed by atoms with Gasteiger partial charge in [0.2, 0.25) is 0 Å². The van der Waals surface area contributed by atoms with Crippen molar-refractivity contribution in [2.75, 3.05) is 0 Å². The molecule has 82 valence electrons. The lowest BCUT2D eigenvalue weighted by atomic mass is 10.0. The second-order valence-corrected chi connectivity index (χ2v) is 3.82. The SMILES string of the molecule is CC(C)(CC(=O)O)NC(=O)c1cnoc1. The maximum atomic E-state index is 11.5. The Hall–Kier alpha value is -1.85. The average molecular weight is 212 g/mol. The van der Waals surface area contributed by atoms with Crippen molar-refractivity contribution < 1.29 is 19.2 Å². The van der Waals surface area contributed by atoms with Crippen LogP contribution in [0.1, 0.15) is 30.6 Å². The van der Waals surface area contributed by atoms with Crippen LogP contribution in [0.4, 0.5) is 0 Å². The van der Waals surface area contributed by atoms with Crippen LogP contribution < -0.4 is 5.32 Å². The van der Waals surface area contributed by atoms with Gasteiger partial charge in [0.15, 0.2) is 0 Å². The molecule has 0 saturated heterocycles. The van der Waals surface area contributed by atoms with Crippen molar-refractivity contribution in [3.63, 3.8) is 0 Å².